The number of benzene rings is 2. The van der Waals surface area contributed by atoms with Gasteiger partial charge in [-0.15, -0.1) is 10.2 Å². The summed E-state index contributed by atoms with van der Waals surface area (Å²) in [6.07, 6.45) is 0. The number of hydrogen-bond acceptors (Lipinski definition) is 8. The molecule has 2 N–H and O–H groups in total. The van der Waals surface area contributed by atoms with Crippen molar-refractivity contribution < 1.29 is 14.3 Å². The maximum atomic E-state index is 12.8. The fraction of sp³-hybridized carbons (Fsp3) is 0.200. The molecule has 0 radical (unpaired) electrons. The minimum absolute atomic E-state index is 0.0114. The lowest BCUT2D eigenvalue weighted by atomic mass is 10.1. The summed E-state index contributed by atoms with van der Waals surface area (Å²) in [5, 5.41) is 14.6. The number of ether oxygens (including phenoxy) is 1. The van der Waals surface area contributed by atoms with Crippen molar-refractivity contribution in [3.8, 4) is 5.75 Å². The number of fused-ring (bicyclic) bond motifs is 1. The normalized spacial score (nSPS) is 13.8. The van der Waals surface area contributed by atoms with Crippen LogP contribution in [-0.4, -0.2) is 33.7 Å². The average molecular weight is 427 g/mol. The average Bonchev–Trinajstić information content (AvgIpc) is 3.13. The molecule has 7 nitrogen and oxygen atoms in total. The van der Waals surface area contributed by atoms with Crippen molar-refractivity contribution in [2.45, 2.75) is 23.4 Å². The summed E-state index contributed by atoms with van der Waals surface area (Å²) in [4.78, 5) is 24.3. The second-order valence-corrected chi connectivity index (χ2v) is 9.11. The zero-order valence-electron chi connectivity index (χ0n) is 15.8. The molecule has 3 aromatic rings. The number of Topliss-reactive ketones (excluding diaryl/α,β-unsaturated/α-hetero) is 1. The van der Waals surface area contributed by atoms with Gasteiger partial charge in [0.1, 0.15) is 5.75 Å². The van der Waals surface area contributed by atoms with Crippen LogP contribution in [-0.2, 0) is 4.79 Å². The summed E-state index contributed by atoms with van der Waals surface area (Å²) in [7, 11) is 0. The Balaban J connectivity index is 1.42. The Labute approximate surface area is 175 Å². The van der Waals surface area contributed by atoms with Crippen molar-refractivity contribution in [2.24, 2.45) is 0 Å². The molecular formula is C20H18N4O3S2. The molecule has 1 atom stereocenters. The molecule has 1 amide bonds. The van der Waals surface area contributed by atoms with Gasteiger partial charge in [-0.2, -0.15) is 0 Å². The minimum atomic E-state index is -0.354. The van der Waals surface area contributed by atoms with Crippen molar-refractivity contribution in [2.75, 3.05) is 17.2 Å². The van der Waals surface area contributed by atoms with E-state index in [1.165, 1.54) is 23.1 Å². The number of carbonyl (C=O) groups is 2. The number of carbonyl (C=O) groups excluding carboxylic acids is 2. The van der Waals surface area contributed by atoms with Gasteiger partial charge < -0.3 is 15.4 Å². The Hall–Kier alpha value is -2.91. The summed E-state index contributed by atoms with van der Waals surface area (Å²) in [6, 6.07) is 13.1. The third-order valence-electron chi connectivity index (χ3n) is 4.22. The molecule has 0 saturated carbocycles. The highest BCUT2D eigenvalue weighted by Crippen LogP contribution is 2.33. The predicted molar refractivity (Wildman–Crippen MR) is 115 cm³/mol. The first-order valence-corrected chi connectivity index (χ1v) is 10.6. The molecule has 1 aliphatic rings. The first-order chi connectivity index (χ1) is 14.0. The van der Waals surface area contributed by atoms with E-state index < -0.39 is 0 Å². The van der Waals surface area contributed by atoms with Gasteiger partial charge in [-0.05, 0) is 49.7 Å². The van der Waals surface area contributed by atoms with Crippen molar-refractivity contribution in [3.63, 3.8) is 0 Å². The molecule has 1 aliphatic heterocycles. The molecule has 2 aromatic carbocycles. The first kappa shape index (κ1) is 19.4. The third kappa shape index (κ3) is 4.57. The second-order valence-electron chi connectivity index (χ2n) is 6.54. The van der Waals surface area contributed by atoms with Crippen molar-refractivity contribution in [1.29, 1.82) is 0 Å². The van der Waals surface area contributed by atoms with Crippen LogP contribution in [0.2, 0.25) is 0 Å². The molecular weight excluding hydrogens is 408 g/mol. The minimum Gasteiger partial charge on any atom is -0.482 e. The molecule has 0 bridgehead atoms. The Bertz CT molecular complexity index is 1080. The molecule has 0 spiro atoms. The number of ketones is 1. The van der Waals surface area contributed by atoms with Gasteiger partial charge in [0.05, 0.1) is 10.9 Å². The molecule has 0 unspecified atom stereocenters. The number of anilines is 3. The van der Waals surface area contributed by atoms with Crippen LogP contribution in [0, 0.1) is 6.92 Å². The van der Waals surface area contributed by atoms with Gasteiger partial charge in [-0.25, -0.2) is 0 Å². The van der Waals surface area contributed by atoms with Crippen molar-refractivity contribution >= 4 is 51.3 Å². The van der Waals surface area contributed by atoms with Gasteiger partial charge in [-0.3, -0.25) is 9.59 Å². The zero-order chi connectivity index (χ0) is 20.4. The van der Waals surface area contributed by atoms with Gasteiger partial charge in [0, 0.05) is 11.3 Å². The Morgan fingerprint density at radius 3 is 2.97 bits per heavy atom. The highest BCUT2D eigenvalue weighted by Gasteiger charge is 2.22. The van der Waals surface area contributed by atoms with Crippen LogP contribution in [0.4, 0.5) is 16.5 Å². The molecule has 0 saturated heterocycles. The van der Waals surface area contributed by atoms with Gasteiger partial charge >= 0.3 is 0 Å². The highest BCUT2D eigenvalue weighted by molar-refractivity contribution is 8.02. The van der Waals surface area contributed by atoms with E-state index in [1.54, 1.807) is 18.2 Å². The fourth-order valence-electron chi connectivity index (χ4n) is 2.83. The maximum Gasteiger partial charge on any atom is 0.262 e. The van der Waals surface area contributed by atoms with E-state index in [0.717, 1.165) is 11.3 Å². The smallest absolute Gasteiger partial charge is 0.262 e. The van der Waals surface area contributed by atoms with E-state index in [1.807, 2.05) is 38.1 Å². The summed E-state index contributed by atoms with van der Waals surface area (Å²) in [5.74, 6) is 0.283. The number of nitrogens with zero attached hydrogens (tertiary/aromatic N) is 2. The molecule has 2 heterocycles. The summed E-state index contributed by atoms with van der Waals surface area (Å²) in [6.45, 7) is 3.84. The van der Waals surface area contributed by atoms with Gasteiger partial charge in [0.15, 0.2) is 16.7 Å². The van der Waals surface area contributed by atoms with Crippen LogP contribution in [0.25, 0.3) is 0 Å². The quantitative estimate of drug-likeness (QED) is 0.449. The van der Waals surface area contributed by atoms with E-state index in [4.69, 9.17) is 4.74 Å². The predicted octanol–water partition coefficient (Wildman–Crippen LogP) is 4.28. The van der Waals surface area contributed by atoms with E-state index >= 15 is 0 Å². The summed E-state index contributed by atoms with van der Waals surface area (Å²) >= 11 is 2.75. The van der Waals surface area contributed by atoms with Crippen LogP contribution in [0.15, 0.2) is 46.8 Å². The standard InChI is InChI=1S/C20H18N4O3S2/c1-11-4-3-5-14(8-11)21-19-23-24-20(29-19)28-12(2)18(26)13-6-7-16-15(9-13)22-17(25)10-27-16/h3-9,12H,10H2,1-2H3,(H,21,23)(H,22,25)/t12-/m1/s1. The number of aryl methyl sites for hydroxylation is 1. The summed E-state index contributed by atoms with van der Waals surface area (Å²) in [5.41, 5.74) is 3.13. The topological polar surface area (TPSA) is 93.2 Å². The van der Waals surface area contributed by atoms with Crippen LogP contribution < -0.4 is 15.4 Å². The lowest BCUT2D eigenvalue weighted by molar-refractivity contribution is -0.118. The van der Waals surface area contributed by atoms with Gasteiger partial charge in [-0.1, -0.05) is 35.2 Å². The van der Waals surface area contributed by atoms with Crippen molar-refractivity contribution in [1.82, 2.24) is 10.2 Å². The molecule has 4 rings (SSSR count). The zero-order valence-corrected chi connectivity index (χ0v) is 17.4. The van der Waals surface area contributed by atoms with Gasteiger partial charge in [0.2, 0.25) is 5.13 Å². The number of thioether (sulfide) groups is 1. The van der Waals surface area contributed by atoms with Crippen LogP contribution >= 0.6 is 23.1 Å². The first-order valence-electron chi connectivity index (χ1n) is 8.93. The fourth-order valence-corrected chi connectivity index (χ4v) is 4.82. The van der Waals surface area contributed by atoms with E-state index in [2.05, 4.69) is 20.8 Å². The maximum absolute atomic E-state index is 12.8. The lowest BCUT2D eigenvalue weighted by Crippen LogP contribution is -2.25. The van der Waals surface area contributed by atoms with Crippen LogP contribution in [0.3, 0.4) is 0 Å². The summed E-state index contributed by atoms with van der Waals surface area (Å²) < 4.78 is 6.04. The SMILES string of the molecule is Cc1cccc(Nc2nnc(S[C@H](C)C(=O)c3ccc4c(c3)NC(=O)CO4)s2)c1. The Kier molecular flexibility index (Phi) is 5.50. The number of nitrogens with one attached hydrogen (secondary N) is 2. The Morgan fingerprint density at radius 2 is 2.14 bits per heavy atom. The second kappa shape index (κ2) is 8.22. The third-order valence-corrected chi connectivity index (χ3v) is 6.24. The molecule has 0 fully saturated rings. The number of aromatic nitrogens is 2. The molecule has 9 heteroatoms. The lowest BCUT2D eigenvalue weighted by Gasteiger charge is -2.18. The van der Waals surface area contributed by atoms with E-state index in [0.29, 0.717) is 26.5 Å². The molecule has 29 heavy (non-hydrogen) atoms. The number of amides is 1. The Morgan fingerprint density at radius 1 is 1.28 bits per heavy atom. The van der Waals surface area contributed by atoms with Crippen molar-refractivity contribution in [3.05, 3.63) is 53.6 Å². The molecule has 1 aromatic heterocycles. The highest BCUT2D eigenvalue weighted by atomic mass is 32.2. The van der Waals surface area contributed by atoms with E-state index in [-0.39, 0.29) is 23.5 Å². The number of hydrogen-bond donors (Lipinski definition) is 2. The van der Waals surface area contributed by atoms with E-state index in [9.17, 15) is 9.59 Å². The largest absolute Gasteiger partial charge is 0.482 e. The number of rotatable bonds is 6. The molecule has 0 aliphatic carbocycles. The molecule has 148 valence electrons. The van der Waals surface area contributed by atoms with Crippen LogP contribution in [0.5, 0.6) is 5.75 Å². The monoisotopic (exact) mass is 426 g/mol. The van der Waals surface area contributed by atoms with Gasteiger partial charge in [0.25, 0.3) is 5.91 Å². The van der Waals surface area contributed by atoms with Crippen LogP contribution in [0.1, 0.15) is 22.8 Å².